The van der Waals surface area contributed by atoms with Crippen molar-refractivity contribution < 1.29 is 4.74 Å². The number of aryl methyl sites for hydroxylation is 1. The molecule has 1 saturated heterocycles. The van der Waals surface area contributed by atoms with Crippen molar-refractivity contribution in [3.63, 3.8) is 0 Å². The van der Waals surface area contributed by atoms with Crippen molar-refractivity contribution in [3.8, 4) is 0 Å². The van der Waals surface area contributed by atoms with Gasteiger partial charge in [-0.3, -0.25) is 0 Å². The topological polar surface area (TPSA) is 35.0 Å². The maximum Gasteiger partial charge on any atom is 0.161 e. The first-order valence-electron chi connectivity index (χ1n) is 5.68. The summed E-state index contributed by atoms with van der Waals surface area (Å²) in [7, 11) is 0. The van der Waals surface area contributed by atoms with E-state index in [1.54, 1.807) is 0 Å². The Morgan fingerprint density at radius 2 is 2.00 bits per heavy atom. The molecule has 1 aromatic heterocycles. The van der Waals surface area contributed by atoms with Crippen molar-refractivity contribution in [2.24, 2.45) is 0 Å². The van der Waals surface area contributed by atoms with Gasteiger partial charge in [-0.2, -0.15) is 0 Å². The fourth-order valence-corrected chi connectivity index (χ4v) is 2.16. The van der Waals surface area contributed by atoms with Gasteiger partial charge < -0.3 is 4.74 Å². The zero-order valence-electron chi connectivity index (χ0n) is 10.0. The van der Waals surface area contributed by atoms with Crippen LogP contribution in [0.3, 0.4) is 0 Å². The largest absolute Gasteiger partial charge is 0.367 e. The number of hydrogen-bond acceptors (Lipinski definition) is 3. The molecular formula is C12H17ClN2O. The van der Waals surface area contributed by atoms with Gasteiger partial charge in [0, 0.05) is 17.9 Å². The average Bonchev–Trinajstić information content (AvgIpc) is 2.26. The third-order valence-corrected chi connectivity index (χ3v) is 3.64. The summed E-state index contributed by atoms with van der Waals surface area (Å²) in [5, 5.41) is 0.540. The Hall–Kier alpha value is -0.670. The molecule has 1 aromatic rings. The predicted molar refractivity (Wildman–Crippen MR) is 63.7 cm³/mol. The van der Waals surface area contributed by atoms with Crippen LogP contribution in [-0.4, -0.2) is 16.6 Å². The quantitative estimate of drug-likeness (QED) is 0.708. The van der Waals surface area contributed by atoms with Crippen LogP contribution in [0.1, 0.15) is 43.3 Å². The van der Waals surface area contributed by atoms with Crippen LogP contribution in [-0.2, 0) is 10.3 Å². The lowest BCUT2D eigenvalue weighted by molar-refractivity contribution is -0.0761. The first-order valence-corrected chi connectivity index (χ1v) is 6.06. The zero-order chi connectivity index (χ0) is 11.8. The van der Waals surface area contributed by atoms with Gasteiger partial charge >= 0.3 is 0 Å². The average molecular weight is 241 g/mol. The van der Waals surface area contributed by atoms with Crippen LogP contribution in [0.2, 0.25) is 5.15 Å². The molecule has 0 bridgehead atoms. The van der Waals surface area contributed by atoms with Gasteiger partial charge in [-0.25, -0.2) is 9.97 Å². The molecule has 0 radical (unpaired) electrons. The molecule has 0 spiro atoms. The lowest BCUT2D eigenvalue weighted by atomic mass is 9.95. The normalized spacial score (nSPS) is 25.8. The van der Waals surface area contributed by atoms with E-state index in [-0.39, 0.29) is 5.60 Å². The smallest absolute Gasteiger partial charge is 0.161 e. The summed E-state index contributed by atoms with van der Waals surface area (Å²) < 4.78 is 5.82. The number of hydrogen-bond donors (Lipinski definition) is 0. The van der Waals surface area contributed by atoms with E-state index in [2.05, 4.69) is 9.97 Å². The molecule has 4 heteroatoms. The lowest BCUT2D eigenvalue weighted by Gasteiger charge is -2.32. The van der Waals surface area contributed by atoms with E-state index in [0.29, 0.717) is 5.15 Å². The molecule has 2 heterocycles. The van der Waals surface area contributed by atoms with Crippen molar-refractivity contribution in [1.29, 1.82) is 0 Å². The van der Waals surface area contributed by atoms with Crippen LogP contribution in [0.5, 0.6) is 0 Å². The van der Waals surface area contributed by atoms with Gasteiger partial charge in [-0.05, 0) is 40.0 Å². The number of rotatable bonds is 1. The summed E-state index contributed by atoms with van der Waals surface area (Å²) in [6.07, 6.45) is 3.24. The molecule has 1 aliphatic rings. The molecule has 16 heavy (non-hydrogen) atoms. The first-order chi connectivity index (χ1) is 7.53. The van der Waals surface area contributed by atoms with Crippen LogP contribution in [0.4, 0.5) is 0 Å². The van der Waals surface area contributed by atoms with E-state index in [9.17, 15) is 0 Å². The molecule has 3 nitrogen and oxygen atoms in total. The SMILES string of the molecule is Cc1nc(C2(C)CCCCO2)nc(Cl)c1C. The van der Waals surface area contributed by atoms with E-state index in [1.807, 2.05) is 20.8 Å². The second kappa shape index (κ2) is 4.30. The van der Waals surface area contributed by atoms with Gasteiger partial charge in [0.2, 0.25) is 0 Å². The number of nitrogens with zero attached hydrogens (tertiary/aromatic N) is 2. The van der Waals surface area contributed by atoms with Gasteiger partial charge in [-0.15, -0.1) is 0 Å². The maximum absolute atomic E-state index is 6.09. The van der Waals surface area contributed by atoms with Crippen LogP contribution < -0.4 is 0 Å². The summed E-state index contributed by atoms with van der Waals surface area (Å²) in [4.78, 5) is 8.87. The van der Waals surface area contributed by atoms with Crippen molar-refractivity contribution in [2.45, 2.75) is 45.6 Å². The van der Waals surface area contributed by atoms with Crippen LogP contribution >= 0.6 is 11.6 Å². The van der Waals surface area contributed by atoms with Gasteiger partial charge in [0.15, 0.2) is 5.82 Å². The zero-order valence-corrected chi connectivity index (χ0v) is 10.8. The molecule has 0 aliphatic carbocycles. The molecule has 0 aromatic carbocycles. The standard InChI is InChI=1S/C12H17ClN2O/c1-8-9(2)14-11(15-10(8)13)12(3)6-4-5-7-16-12/h4-7H2,1-3H3. The predicted octanol–water partition coefficient (Wildman–Crippen LogP) is 3.16. The molecule has 1 fully saturated rings. The second-order valence-electron chi connectivity index (χ2n) is 4.58. The Kier molecular flexibility index (Phi) is 3.17. The van der Waals surface area contributed by atoms with E-state index in [1.165, 1.54) is 0 Å². The Morgan fingerprint density at radius 3 is 2.56 bits per heavy atom. The highest BCUT2D eigenvalue weighted by Gasteiger charge is 2.33. The van der Waals surface area contributed by atoms with Crippen molar-refractivity contribution in [3.05, 3.63) is 22.2 Å². The van der Waals surface area contributed by atoms with E-state index >= 15 is 0 Å². The molecular weight excluding hydrogens is 224 g/mol. The Morgan fingerprint density at radius 1 is 1.25 bits per heavy atom. The van der Waals surface area contributed by atoms with Gasteiger partial charge in [0.25, 0.3) is 0 Å². The van der Waals surface area contributed by atoms with E-state index < -0.39 is 0 Å². The minimum absolute atomic E-state index is 0.361. The van der Waals surface area contributed by atoms with Crippen LogP contribution in [0.15, 0.2) is 0 Å². The molecule has 0 amide bonds. The molecule has 1 unspecified atom stereocenters. The number of ether oxygens (including phenoxy) is 1. The monoisotopic (exact) mass is 240 g/mol. The van der Waals surface area contributed by atoms with Crippen molar-refractivity contribution >= 4 is 11.6 Å². The van der Waals surface area contributed by atoms with Gasteiger partial charge in [0.05, 0.1) is 0 Å². The van der Waals surface area contributed by atoms with Crippen LogP contribution in [0, 0.1) is 13.8 Å². The van der Waals surface area contributed by atoms with Gasteiger partial charge in [0.1, 0.15) is 10.8 Å². The summed E-state index contributed by atoms with van der Waals surface area (Å²) in [6, 6.07) is 0. The Balaban J connectivity index is 2.39. The molecule has 88 valence electrons. The summed E-state index contributed by atoms with van der Waals surface area (Å²) in [5.74, 6) is 0.723. The number of halogens is 1. The Labute approximate surface area is 101 Å². The van der Waals surface area contributed by atoms with E-state index in [0.717, 1.165) is 43.0 Å². The summed E-state index contributed by atoms with van der Waals surface area (Å²) in [6.45, 7) is 6.72. The van der Waals surface area contributed by atoms with Crippen molar-refractivity contribution in [2.75, 3.05) is 6.61 Å². The minimum atomic E-state index is -0.361. The Bertz CT molecular complexity index is 377. The molecule has 1 atom stereocenters. The fraction of sp³-hybridized carbons (Fsp3) is 0.667. The molecule has 0 saturated carbocycles. The third kappa shape index (κ3) is 2.06. The van der Waals surface area contributed by atoms with Gasteiger partial charge in [-0.1, -0.05) is 11.6 Å². The molecule has 2 rings (SSSR count). The van der Waals surface area contributed by atoms with Crippen LogP contribution in [0.25, 0.3) is 0 Å². The molecule has 1 aliphatic heterocycles. The highest BCUT2D eigenvalue weighted by molar-refractivity contribution is 6.30. The summed E-state index contributed by atoms with van der Waals surface area (Å²) >= 11 is 6.09. The van der Waals surface area contributed by atoms with E-state index in [4.69, 9.17) is 16.3 Å². The first kappa shape index (κ1) is 11.8. The fourth-order valence-electron chi connectivity index (χ4n) is 1.94. The number of aromatic nitrogens is 2. The minimum Gasteiger partial charge on any atom is -0.367 e. The highest BCUT2D eigenvalue weighted by atomic mass is 35.5. The maximum atomic E-state index is 6.09. The van der Waals surface area contributed by atoms with Crippen molar-refractivity contribution in [1.82, 2.24) is 9.97 Å². The molecule has 0 N–H and O–H groups in total. The lowest BCUT2D eigenvalue weighted by Crippen LogP contribution is -2.32. The highest BCUT2D eigenvalue weighted by Crippen LogP contribution is 2.33. The summed E-state index contributed by atoms with van der Waals surface area (Å²) in [5.41, 5.74) is 1.52. The third-order valence-electron chi connectivity index (χ3n) is 3.27. The second-order valence-corrected chi connectivity index (χ2v) is 4.94.